The highest BCUT2D eigenvalue weighted by atomic mass is 16.2. The summed E-state index contributed by atoms with van der Waals surface area (Å²) in [6.07, 6.45) is 4.80. The molecular weight excluding hydrogens is 328 g/mol. The number of amides is 2. The molecule has 1 saturated heterocycles. The zero-order valence-electron chi connectivity index (χ0n) is 15.4. The first-order chi connectivity index (χ1) is 12.6. The second-order valence-corrected chi connectivity index (χ2v) is 6.97. The lowest BCUT2D eigenvalue weighted by molar-refractivity contribution is -0.126. The Balaban J connectivity index is 1.55. The van der Waals surface area contributed by atoms with Gasteiger partial charge in [-0.1, -0.05) is 32.0 Å². The first-order valence-electron chi connectivity index (χ1n) is 9.22. The third kappa shape index (κ3) is 4.12. The van der Waals surface area contributed by atoms with E-state index in [0.29, 0.717) is 13.1 Å². The third-order valence-corrected chi connectivity index (χ3v) is 4.84. The Morgan fingerprint density at radius 3 is 2.88 bits per heavy atom. The van der Waals surface area contributed by atoms with Gasteiger partial charge in [-0.3, -0.25) is 14.3 Å². The van der Waals surface area contributed by atoms with Gasteiger partial charge in [-0.2, -0.15) is 5.10 Å². The van der Waals surface area contributed by atoms with Crippen LogP contribution in [0.4, 0.5) is 5.69 Å². The highest BCUT2D eigenvalue weighted by molar-refractivity contribution is 6.00. The molecule has 3 rings (SSSR count). The quantitative estimate of drug-likeness (QED) is 0.829. The fraction of sp³-hybridized carbons (Fsp3) is 0.450. The number of aryl methyl sites for hydroxylation is 1. The Hall–Kier alpha value is -2.63. The Kier molecular flexibility index (Phi) is 5.71. The molecule has 6 heteroatoms. The van der Waals surface area contributed by atoms with Crippen LogP contribution in [0.5, 0.6) is 0 Å². The standard InChI is InChI=1S/C20H26N4O2/c1-3-16-7-4-5-8-18(16)24-14-17(11-19(24)25)20(26)21-12-15(2)13-23-10-6-9-22-23/h4-10,15,17H,3,11-14H2,1-2H3,(H,21,26)/t15-,17-/m1/s1. The largest absolute Gasteiger partial charge is 0.355 e. The van der Waals surface area contributed by atoms with Gasteiger partial charge in [0.25, 0.3) is 0 Å². The van der Waals surface area contributed by atoms with Crippen LogP contribution in [0.25, 0.3) is 0 Å². The van der Waals surface area contributed by atoms with E-state index in [1.165, 1.54) is 0 Å². The Morgan fingerprint density at radius 1 is 1.35 bits per heavy atom. The topological polar surface area (TPSA) is 67.2 Å². The van der Waals surface area contributed by atoms with E-state index >= 15 is 0 Å². The number of nitrogens with one attached hydrogen (secondary N) is 1. The third-order valence-electron chi connectivity index (χ3n) is 4.84. The number of anilines is 1. The number of nitrogens with zero attached hydrogens (tertiary/aromatic N) is 3. The van der Waals surface area contributed by atoms with Gasteiger partial charge < -0.3 is 10.2 Å². The first kappa shape index (κ1) is 18.2. The second kappa shape index (κ2) is 8.17. The number of rotatable bonds is 7. The monoisotopic (exact) mass is 354 g/mol. The molecule has 0 saturated carbocycles. The molecule has 1 fully saturated rings. The summed E-state index contributed by atoms with van der Waals surface area (Å²) in [5, 5.41) is 7.18. The normalized spacial score (nSPS) is 18.2. The van der Waals surface area contributed by atoms with E-state index in [0.717, 1.165) is 24.2 Å². The molecule has 0 radical (unpaired) electrons. The van der Waals surface area contributed by atoms with Crippen LogP contribution >= 0.6 is 0 Å². The van der Waals surface area contributed by atoms with E-state index < -0.39 is 0 Å². The van der Waals surface area contributed by atoms with Crippen molar-refractivity contribution in [1.82, 2.24) is 15.1 Å². The van der Waals surface area contributed by atoms with Crippen molar-refractivity contribution in [3.05, 3.63) is 48.3 Å². The van der Waals surface area contributed by atoms with Crippen molar-refractivity contribution in [1.29, 1.82) is 0 Å². The molecule has 1 aromatic carbocycles. The van der Waals surface area contributed by atoms with Gasteiger partial charge in [0.15, 0.2) is 0 Å². The summed E-state index contributed by atoms with van der Waals surface area (Å²) in [5.74, 6) is -0.0324. The van der Waals surface area contributed by atoms with Crippen molar-refractivity contribution >= 4 is 17.5 Å². The number of benzene rings is 1. The fourth-order valence-corrected chi connectivity index (χ4v) is 3.40. The lowest BCUT2D eigenvalue weighted by atomic mass is 10.1. The van der Waals surface area contributed by atoms with Crippen LogP contribution in [0.15, 0.2) is 42.7 Å². The minimum atomic E-state index is -0.288. The average molecular weight is 354 g/mol. The van der Waals surface area contributed by atoms with Crippen LogP contribution in [0.2, 0.25) is 0 Å². The minimum Gasteiger partial charge on any atom is -0.355 e. The zero-order chi connectivity index (χ0) is 18.5. The van der Waals surface area contributed by atoms with Gasteiger partial charge in [0.2, 0.25) is 11.8 Å². The van der Waals surface area contributed by atoms with E-state index in [1.54, 1.807) is 11.1 Å². The number of carbonyl (C=O) groups excluding carboxylic acids is 2. The zero-order valence-corrected chi connectivity index (χ0v) is 15.4. The van der Waals surface area contributed by atoms with Crippen molar-refractivity contribution in [3.8, 4) is 0 Å². The molecule has 138 valence electrons. The van der Waals surface area contributed by atoms with Crippen LogP contribution in [0.3, 0.4) is 0 Å². The predicted octanol–water partition coefficient (Wildman–Crippen LogP) is 2.25. The summed E-state index contributed by atoms with van der Waals surface area (Å²) < 4.78 is 1.86. The van der Waals surface area contributed by atoms with Crippen LogP contribution in [-0.2, 0) is 22.6 Å². The van der Waals surface area contributed by atoms with Crippen LogP contribution in [-0.4, -0.2) is 34.7 Å². The minimum absolute atomic E-state index is 0.0237. The van der Waals surface area contributed by atoms with Gasteiger partial charge in [-0.25, -0.2) is 0 Å². The van der Waals surface area contributed by atoms with Crippen molar-refractivity contribution < 1.29 is 9.59 Å². The highest BCUT2D eigenvalue weighted by Gasteiger charge is 2.35. The Bertz CT molecular complexity index is 757. The first-order valence-corrected chi connectivity index (χ1v) is 9.22. The summed E-state index contributed by atoms with van der Waals surface area (Å²) in [7, 11) is 0. The van der Waals surface area contributed by atoms with Gasteiger partial charge in [-0.15, -0.1) is 0 Å². The molecule has 0 unspecified atom stereocenters. The molecule has 2 heterocycles. The van der Waals surface area contributed by atoms with Gasteiger partial charge in [-0.05, 0) is 30.0 Å². The fourth-order valence-electron chi connectivity index (χ4n) is 3.40. The number of hydrogen-bond donors (Lipinski definition) is 1. The molecule has 1 aliphatic rings. The molecule has 2 aromatic rings. The van der Waals surface area contributed by atoms with Crippen molar-refractivity contribution in [3.63, 3.8) is 0 Å². The maximum absolute atomic E-state index is 12.5. The Labute approximate surface area is 154 Å². The van der Waals surface area contributed by atoms with E-state index in [1.807, 2.05) is 41.2 Å². The van der Waals surface area contributed by atoms with E-state index in [-0.39, 0.29) is 30.1 Å². The number of carbonyl (C=O) groups is 2. The molecular formula is C20H26N4O2. The predicted molar refractivity (Wildman–Crippen MR) is 101 cm³/mol. The lowest BCUT2D eigenvalue weighted by Gasteiger charge is -2.20. The molecule has 0 aliphatic carbocycles. The molecule has 0 bridgehead atoms. The molecule has 1 aromatic heterocycles. The summed E-state index contributed by atoms with van der Waals surface area (Å²) in [6, 6.07) is 9.80. The lowest BCUT2D eigenvalue weighted by Crippen LogP contribution is -2.36. The van der Waals surface area contributed by atoms with Crippen molar-refractivity contribution in [2.75, 3.05) is 18.0 Å². The molecule has 1 N–H and O–H groups in total. The average Bonchev–Trinajstić information content (AvgIpc) is 3.29. The van der Waals surface area contributed by atoms with Gasteiger partial charge >= 0.3 is 0 Å². The van der Waals surface area contributed by atoms with Gasteiger partial charge in [0.05, 0.1) is 5.92 Å². The molecule has 2 atom stereocenters. The van der Waals surface area contributed by atoms with Crippen molar-refractivity contribution in [2.24, 2.45) is 11.8 Å². The summed E-state index contributed by atoms with van der Waals surface area (Å²) in [6.45, 7) is 5.94. The molecule has 0 spiro atoms. The molecule has 26 heavy (non-hydrogen) atoms. The summed E-state index contributed by atoms with van der Waals surface area (Å²) >= 11 is 0. The molecule has 1 aliphatic heterocycles. The van der Waals surface area contributed by atoms with Crippen molar-refractivity contribution in [2.45, 2.75) is 33.2 Å². The maximum atomic E-state index is 12.5. The van der Waals surface area contributed by atoms with E-state index in [2.05, 4.69) is 24.3 Å². The van der Waals surface area contributed by atoms with Crippen LogP contribution in [0.1, 0.15) is 25.8 Å². The number of para-hydroxylation sites is 1. The summed E-state index contributed by atoms with van der Waals surface area (Å²) in [4.78, 5) is 26.7. The van der Waals surface area contributed by atoms with Crippen LogP contribution < -0.4 is 10.2 Å². The molecule has 2 amide bonds. The number of hydrogen-bond acceptors (Lipinski definition) is 3. The smallest absolute Gasteiger partial charge is 0.227 e. The SMILES string of the molecule is CCc1ccccc1N1C[C@H](C(=O)NC[C@@H](C)Cn2cccn2)CC1=O. The Morgan fingerprint density at radius 2 is 2.15 bits per heavy atom. The number of aromatic nitrogens is 2. The highest BCUT2D eigenvalue weighted by Crippen LogP contribution is 2.28. The maximum Gasteiger partial charge on any atom is 0.227 e. The van der Waals surface area contributed by atoms with E-state index in [9.17, 15) is 9.59 Å². The van der Waals surface area contributed by atoms with Crippen LogP contribution in [0, 0.1) is 11.8 Å². The van der Waals surface area contributed by atoms with Gasteiger partial charge in [0, 0.05) is 44.1 Å². The van der Waals surface area contributed by atoms with Gasteiger partial charge in [0.1, 0.15) is 0 Å². The molecule has 6 nitrogen and oxygen atoms in total. The summed E-state index contributed by atoms with van der Waals surface area (Å²) in [5.41, 5.74) is 2.07. The second-order valence-electron chi connectivity index (χ2n) is 6.97. The van der Waals surface area contributed by atoms with E-state index in [4.69, 9.17) is 0 Å².